The molecule has 0 aromatic rings. The van der Waals surface area contributed by atoms with Gasteiger partial charge in [0.2, 0.25) is 5.91 Å². The maximum atomic E-state index is 13.1. The molecule has 0 saturated carbocycles. The number of hydrogen-bond acceptors (Lipinski definition) is 6. The van der Waals surface area contributed by atoms with E-state index >= 15 is 0 Å². The molecule has 83 heavy (non-hydrogen) atoms. The maximum Gasteiger partial charge on any atom is 0.268 e. The molecule has 2 N–H and O–H groups in total. The molecule has 0 saturated heterocycles. The van der Waals surface area contributed by atoms with Gasteiger partial charge in [0, 0.05) is 6.42 Å². The number of unbranched alkanes of at least 4 members (excludes halogenated alkanes) is 52. The topological polar surface area (TPSA) is 108 Å². The fourth-order valence-electron chi connectivity index (χ4n) is 11.4. The Bertz CT molecular complexity index is 1450. The molecule has 0 aliphatic carbocycles. The lowest BCUT2D eigenvalue weighted by molar-refractivity contribution is -0.870. The first-order valence-corrected chi connectivity index (χ1v) is 38.3. The highest BCUT2D eigenvalue weighted by atomic mass is 31.2. The zero-order valence-electron chi connectivity index (χ0n) is 56.4. The van der Waals surface area contributed by atoms with Crippen molar-refractivity contribution in [2.45, 2.75) is 392 Å². The van der Waals surface area contributed by atoms with Crippen molar-refractivity contribution in [2.24, 2.45) is 0 Å². The molecule has 0 aliphatic rings. The second-order valence-corrected chi connectivity index (χ2v) is 28.1. The predicted octanol–water partition coefficient (Wildman–Crippen LogP) is 23.0. The number of allylic oxidation sites excluding steroid dienone is 5. The number of carbonyl (C=O) groups excluding carboxylic acids is 1. The lowest BCUT2D eigenvalue weighted by Crippen LogP contribution is -2.45. The molecule has 0 fully saturated rings. The zero-order chi connectivity index (χ0) is 60.5. The minimum Gasteiger partial charge on any atom is -0.756 e. The first kappa shape index (κ1) is 81.7. The Morgan fingerprint density at radius 3 is 1.00 bits per heavy atom. The minimum absolute atomic E-state index is 0.00114. The van der Waals surface area contributed by atoms with Crippen LogP contribution in [0.1, 0.15) is 380 Å². The van der Waals surface area contributed by atoms with E-state index in [1.54, 1.807) is 6.08 Å². The number of aliphatic hydroxyl groups is 1. The standard InChI is InChI=1S/C74H145N2O6P/c1-6-8-10-12-14-16-18-20-22-24-26-28-30-32-34-36-38-40-42-44-46-48-50-52-54-56-58-60-62-64-66-68-74(78)75-72(71-82-83(79,80)81-70-69-76(3,4)5)73(77)67-65-63-61-59-57-55-53-51-49-47-45-43-41-39-37-35-33-31-29-27-25-23-21-19-17-15-13-11-9-7-2/h18,20,24,26,65,67,72-73,77H,6-17,19,21-23,25,27-64,66,68-71H2,1-5H3,(H-,75,78,79,80)/b20-18-,26-24-,67-65+. The molecule has 0 rings (SSSR count). The van der Waals surface area contributed by atoms with Crippen LogP contribution in [0.15, 0.2) is 36.5 Å². The number of phosphoric acid groups is 1. The van der Waals surface area contributed by atoms with Gasteiger partial charge in [-0.2, -0.15) is 0 Å². The molecule has 8 nitrogen and oxygen atoms in total. The molecule has 0 aliphatic heterocycles. The normalized spacial score (nSPS) is 13.8. The van der Waals surface area contributed by atoms with E-state index in [4.69, 9.17) is 9.05 Å². The van der Waals surface area contributed by atoms with E-state index in [0.29, 0.717) is 17.4 Å². The van der Waals surface area contributed by atoms with Crippen LogP contribution in [0.3, 0.4) is 0 Å². The van der Waals surface area contributed by atoms with Gasteiger partial charge in [0.1, 0.15) is 13.2 Å². The Balaban J connectivity index is 4.01. The van der Waals surface area contributed by atoms with Crippen molar-refractivity contribution in [1.29, 1.82) is 0 Å². The molecule has 3 atom stereocenters. The van der Waals surface area contributed by atoms with Gasteiger partial charge in [0.25, 0.3) is 7.82 Å². The Hall–Kier alpha value is -1.28. The summed E-state index contributed by atoms with van der Waals surface area (Å²) >= 11 is 0. The molecule has 0 aromatic carbocycles. The van der Waals surface area contributed by atoms with Crippen molar-refractivity contribution in [1.82, 2.24) is 5.32 Å². The highest BCUT2D eigenvalue weighted by molar-refractivity contribution is 7.45. The predicted molar refractivity (Wildman–Crippen MR) is 362 cm³/mol. The van der Waals surface area contributed by atoms with Crippen molar-refractivity contribution >= 4 is 13.7 Å². The van der Waals surface area contributed by atoms with E-state index in [-0.39, 0.29) is 19.1 Å². The average Bonchev–Trinajstić information content (AvgIpc) is 3.49. The van der Waals surface area contributed by atoms with Gasteiger partial charge < -0.3 is 28.8 Å². The average molecular weight is 1190 g/mol. The Labute approximate surface area is 518 Å². The van der Waals surface area contributed by atoms with Gasteiger partial charge in [-0.15, -0.1) is 0 Å². The van der Waals surface area contributed by atoms with E-state index in [1.165, 1.54) is 315 Å². The highest BCUT2D eigenvalue weighted by Crippen LogP contribution is 2.38. The number of nitrogens with zero attached hydrogens (tertiary/aromatic N) is 1. The van der Waals surface area contributed by atoms with Gasteiger partial charge in [0.15, 0.2) is 0 Å². The lowest BCUT2D eigenvalue weighted by Gasteiger charge is -2.29. The molecule has 1 amide bonds. The number of quaternary nitrogens is 1. The highest BCUT2D eigenvalue weighted by Gasteiger charge is 2.23. The third kappa shape index (κ3) is 68.1. The van der Waals surface area contributed by atoms with Crippen LogP contribution in [0.4, 0.5) is 0 Å². The summed E-state index contributed by atoms with van der Waals surface area (Å²) in [4.78, 5) is 25.7. The number of hydrogen-bond donors (Lipinski definition) is 2. The van der Waals surface area contributed by atoms with Crippen LogP contribution in [0, 0.1) is 0 Å². The smallest absolute Gasteiger partial charge is 0.268 e. The van der Waals surface area contributed by atoms with Crippen LogP contribution >= 0.6 is 7.82 Å². The fourth-order valence-corrected chi connectivity index (χ4v) is 12.1. The van der Waals surface area contributed by atoms with Gasteiger partial charge in [-0.25, -0.2) is 0 Å². The van der Waals surface area contributed by atoms with Crippen LogP contribution in [0.25, 0.3) is 0 Å². The Morgan fingerprint density at radius 2 is 0.699 bits per heavy atom. The number of carbonyl (C=O) groups is 1. The number of nitrogens with one attached hydrogen (secondary N) is 1. The van der Waals surface area contributed by atoms with Crippen molar-refractivity contribution in [3.05, 3.63) is 36.5 Å². The summed E-state index contributed by atoms with van der Waals surface area (Å²) < 4.78 is 23.5. The molecule has 0 aromatic heterocycles. The van der Waals surface area contributed by atoms with Gasteiger partial charge in [-0.1, -0.05) is 359 Å². The Kier molecular flexibility index (Phi) is 64.2. The van der Waals surface area contributed by atoms with E-state index < -0.39 is 20.0 Å². The van der Waals surface area contributed by atoms with Crippen molar-refractivity contribution < 1.29 is 32.9 Å². The van der Waals surface area contributed by atoms with Gasteiger partial charge in [-0.3, -0.25) is 9.36 Å². The van der Waals surface area contributed by atoms with Crippen molar-refractivity contribution in [3.63, 3.8) is 0 Å². The number of aliphatic hydroxyl groups excluding tert-OH is 1. The molecule has 0 radical (unpaired) electrons. The van der Waals surface area contributed by atoms with E-state index in [9.17, 15) is 19.4 Å². The van der Waals surface area contributed by atoms with Crippen LogP contribution in [-0.2, 0) is 18.4 Å². The molecular weight excluding hydrogens is 1040 g/mol. The largest absolute Gasteiger partial charge is 0.756 e. The third-order valence-corrected chi connectivity index (χ3v) is 18.1. The SMILES string of the molecule is CCCCCCC/C=C\C/C=C\CCCCCCCCCCCCCCCCCCCCCC(=O)NC(COP(=O)([O-])OCC[N+](C)(C)C)C(O)/C=C/CCCCCCCCCCCCCCCCCCCCCCCCCCCCCC. The van der Waals surface area contributed by atoms with Crippen molar-refractivity contribution in [2.75, 3.05) is 40.9 Å². The molecule has 0 heterocycles. The van der Waals surface area contributed by atoms with Gasteiger partial charge in [-0.05, 0) is 51.4 Å². The summed E-state index contributed by atoms with van der Waals surface area (Å²) in [5, 5.41) is 14.0. The van der Waals surface area contributed by atoms with Crippen molar-refractivity contribution in [3.8, 4) is 0 Å². The Morgan fingerprint density at radius 1 is 0.422 bits per heavy atom. The molecule has 492 valence electrons. The second-order valence-electron chi connectivity index (χ2n) is 26.7. The maximum absolute atomic E-state index is 13.1. The van der Waals surface area contributed by atoms with Crippen LogP contribution in [-0.4, -0.2) is 68.5 Å². The minimum atomic E-state index is -4.60. The summed E-state index contributed by atoms with van der Waals surface area (Å²) in [6.45, 7) is 4.70. The number of likely N-dealkylation sites (N-methyl/N-ethyl adjacent to an activating group) is 1. The van der Waals surface area contributed by atoms with E-state index in [0.717, 1.165) is 44.9 Å². The first-order valence-electron chi connectivity index (χ1n) is 36.9. The second kappa shape index (κ2) is 65.2. The van der Waals surface area contributed by atoms with Crippen LogP contribution in [0.5, 0.6) is 0 Å². The lowest BCUT2D eigenvalue weighted by atomic mass is 10.0. The zero-order valence-corrected chi connectivity index (χ0v) is 57.3. The summed E-state index contributed by atoms with van der Waals surface area (Å²) in [5.74, 6) is -0.189. The molecule has 3 unspecified atom stereocenters. The summed E-state index contributed by atoms with van der Waals surface area (Å²) in [6, 6.07) is -0.887. The van der Waals surface area contributed by atoms with Gasteiger partial charge >= 0.3 is 0 Å². The number of amides is 1. The van der Waals surface area contributed by atoms with Crippen LogP contribution in [0.2, 0.25) is 0 Å². The fraction of sp³-hybridized carbons (Fsp3) is 0.905. The first-order chi connectivity index (χ1) is 40.5. The van der Waals surface area contributed by atoms with Crippen LogP contribution < -0.4 is 10.2 Å². The molecule has 0 spiro atoms. The summed E-state index contributed by atoms with van der Waals surface area (Å²) in [6.07, 6.45) is 87.1. The molecule has 9 heteroatoms. The molecular formula is C74H145N2O6P. The third-order valence-electron chi connectivity index (χ3n) is 17.1. The summed E-state index contributed by atoms with van der Waals surface area (Å²) in [5.41, 5.74) is 0. The quantitative estimate of drug-likeness (QED) is 0.0272. The molecule has 0 bridgehead atoms. The summed E-state index contributed by atoms with van der Waals surface area (Å²) in [7, 11) is 1.28. The van der Waals surface area contributed by atoms with Gasteiger partial charge in [0.05, 0.1) is 39.9 Å². The van der Waals surface area contributed by atoms with E-state index in [2.05, 4.69) is 43.5 Å². The van der Waals surface area contributed by atoms with E-state index in [1.807, 2.05) is 27.2 Å². The number of phosphoric ester groups is 1. The monoisotopic (exact) mass is 1190 g/mol. The number of rotatable bonds is 69.